The number of carbonyl (C=O) groups is 1. The molecule has 0 aromatic carbocycles. The first-order valence-electron chi connectivity index (χ1n) is 8.67. The normalized spacial score (nSPS) is 13.0. The Morgan fingerprint density at radius 3 is 1.77 bits per heavy atom. The minimum Gasteiger partial charge on any atom is -0.355 e. The highest BCUT2D eigenvalue weighted by Crippen LogP contribution is 2.10. The molecule has 22 heavy (non-hydrogen) atoms. The van der Waals surface area contributed by atoms with Crippen LogP contribution in [0.25, 0.3) is 0 Å². The van der Waals surface area contributed by atoms with Crippen molar-refractivity contribution in [2.24, 2.45) is 0 Å². The molecule has 0 aromatic rings. The predicted molar refractivity (Wildman–Crippen MR) is 90.5 cm³/mol. The Bertz CT molecular complexity index is 382. The lowest BCUT2D eigenvalue weighted by Gasteiger charge is -2.11. The molecule has 0 aromatic heterocycles. The summed E-state index contributed by atoms with van der Waals surface area (Å²) in [5.41, 5.74) is 0. The van der Waals surface area contributed by atoms with E-state index in [2.05, 4.69) is 12.2 Å². The average molecular weight is 336 g/mol. The van der Waals surface area contributed by atoms with Crippen LogP contribution in [-0.2, 0) is 14.9 Å². The lowest BCUT2D eigenvalue weighted by Crippen LogP contribution is -2.39. The van der Waals surface area contributed by atoms with Crippen molar-refractivity contribution < 1.29 is 17.8 Å². The van der Waals surface area contributed by atoms with Gasteiger partial charge in [0.1, 0.15) is 0 Å². The SMILES string of the molecule is CCCCCCCCCCCCNC(=O)C(CC)S(=O)(=O)O. The Morgan fingerprint density at radius 2 is 1.36 bits per heavy atom. The summed E-state index contributed by atoms with van der Waals surface area (Å²) in [6.07, 6.45) is 12.2. The molecule has 2 N–H and O–H groups in total. The molecule has 0 spiro atoms. The standard InChI is InChI=1S/C16H33NO4S/c1-3-5-6-7-8-9-10-11-12-13-14-17-16(18)15(4-2)22(19,20)21/h15H,3-14H2,1-2H3,(H,17,18)(H,19,20,21). The van der Waals surface area contributed by atoms with Crippen LogP contribution in [0.1, 0.15) is 84.5 Å². The maximum atomic E-state index is 11.6. The molecule has 1 unspecified atom stereocenters. The maximum Gasteiger partial charge on any atom is 0.276 e. The molecule has 0 heterocycles. The van der Waals surface area contributed by atoms with Crippen LogP contribution in [0.3, 0.4) is 0 Å². The van der Waals surface area contributed by atoms with Crippen LogP contribution in [0.2, 0.25) is 0 Å². The van der Waals surface area contributed by atoms with Crippen molar-refractivity contribution in [2.45, 2.75) is 89.7 Å². The van der Waals surface area contributed by atoms with Gasteiger partial charge < -0.3 is 5.32 Å². The van der Waals surface area contributed by atoms with Gasteiger partial charge in [-0.1, -0.05) is 71.6 Å². The van der Waals surface area contributed by atoms with Crippen LogP contribution in [0.15, 0.2) is 0 Å². The van der Waals surface area contributed by atoms with E-state index < -0.39 is 21.3 Å². The van der Waals surface area contributed by atoms with Gasteiger partial charge in [0.2, 0.25) is 5.91 Å². The van der Waals surface area contributed by atoms with Gasteiger partial charge in [-0.25, -0.2) is 0 Å². The van der Waals surface area contributed by atoms with Gasteiger partial charge in [-0.2, -0.15) is 8.42 Å². The zero-order valence-electron chi connectivity index (χ0n) is 14.1. The molecular weight excluding hydrogens is 302 g/mol. The zero-order chi connectivity index (χ0) is 16.8. The lowest BCUT2D eigenvalue weighted by molar-refractivity contribution is -0.120. The fourth-order valence-corrected chi connectivity index (χ4v) is 3.24. The van der Waals surface area contributed by atoms with Crippen molar-refractivity contribution >= 4 is 16.0 Å². The van der Waals surface area contributed by atoms with Crippen molar-refractivity contribution in [1.29, 1.82) is 0 Å². The molecule has 5 nitrogen and oxygen atoms in total. The summed E-state index contributed by atoms with van der Waals surface area (Å²) in [4.78, 5) is 11.6. The number of carbonyl (C=O) groups excluding carboxylic acids is 1. The van der Waals surface area contributed by atoms with Crippen molar-refractivity contribution in [1.82, 2.24) is 5.32 Å². The molecule has 0 aliphatic carbocycles. The van der Waals surface area contributed by atoms with E-state index in [1.807, 2.05) is 0 Å². The molecule has 6 heteroatoms. The minimum absolute atomic E-state index is 0.0860. The molecular formula is C16H33NO4S. The largest absolute Gasteiger partial charge is 0.355 e. The molecule has 0 aliphatic rings. The molecule has 0 aliphatic heterocycles. The monoisotopic (exact) mass is 335 g/mol. The Labute approximate surface area is 136 Å². The summed E-state index contributed by atoms with van der Waals surface area (Å²) in [5.74, 6) is -0.596. The van der Waals surface area contributed by atoms with Gasteiger partial charge in [-0.3, -0.25) is 9.35 Å². The Balaban J connectivity index is 3.52. The van der Waals surface area contributed by atoms with Crippen molar-refractivity contribution in [2.75, 3.05) is 6.54 Å². The molecule has 132 valence electrons. The van der Waals surface area contributed by atoms with Gasteiger partial charge >= 0.3 is 0 Å². The number of amides is 1. The summed E-state index contributed by atoms with van der Waals surface area (Å²) in [5, 5.41) is 1.25. The first-order valence-corrected chi connectivity index (χ1v) is 10.2. The van der Waals surface area contributed by atoms with Crippen LogP contribution < -0.4 is 5.32 Å². The van der Waals surface area contributed by atoms with Crippen LogP contribution in [0, 0.1) is 0 Å². The van der Waals surface area contributed by atoms with Gasteiger partial charge in [-0.05, 0) is 12.8 Å². The molecule has 0 radical (unpaired) electrons. The van der Waals surface area contributed by atoms with Crippen molar-refractivity contribution in [3.8, 4) is 0 Å². The quantitative estimate of drug-likeness (QED) is 0.374. The van der Waals surface area contributed by atoms with E-state index in [4.69, 9.17) is 4.55 Å². The number of nitrogens with one attached hydrogen (secondary N) is 1. The number of hydrogen-bond donors (Lipinski definition) is 2. The molecule has 0 fully saturated rings. The van der Waals surface area contributed by atoms with Gasteiger partial charge in [0, 0.05) is 6.54 Å². The zero-order valence-corrected chi connectivity index (χ0v) is 15.0. The van der Waals surface area contributed by atoms with E-state index in [1.54, 1.807) is 6.92 Å². The minimum atomic E-state index is -4.29. The maximum absolute atomic E-state index is 11.6. The first kappa shape index (κ1) is 21.4. The van der Waals surface area contributed by atoms with E-state index in [-0.39, 0.29) is 6.42 Å². The summed E-state index contributed by atoms with van der Waals surface area (Å²) >= 11 is 0. The number of hydrogen-bond acceptors (Lipinski definition) is 3. The Kier molecular flexibility index (Phi) is 12.5. The summed E-state index contributed by atoms with van der Waals surface area (Å²) < 4.78 is 30.9. The van der Waals surface area contributed by atoms with Gasteiger partial charge in [0.15, 0.2) is 5.25 Å². The van der Waals surface area contributed by atoms with E-state index in [9.17, 15) is 13.2 Å². The van der Waals surface area contributed by atoms with Crippen LogP contribution >= 0.6 is 0 Å². The van der Waals surface area contributed by atoms with Crippen LogP contribution in [-0.4, -0.2) is 30.7 Å². The third-order valence-corrected chi connectivity index (χ3v) is 5.12. The summed E-state index contributed by atoms with van der Waals surface area (Å²) in [6, 6.07) is 0. The average Bonchev–Trinajstić information content (AvgIpc) is 2.44. The van der Waals surface area contributed by atoms with E-state index in [0.717, 1.165) is 19.3 Å². The topological polar surface area (TPSA) is 83.5 Å². The molecule has 1 amide bonds. The highest BCUT2D eigenvalue weighted by molar-refractivity contribution is 7.87. The van der Waals surface area contributed by atoms with Crippen LogP contribution in [0.4, 0.5) is 0 Å². The van der Waals surface area contributed by atoms with Gasteiger partial charge in [-0.15, -0.1) is 0 Å². The van der Waals surface area contributed by atoms with Crippen molar-refractivity contribution in [3.63, 3.8) is 0 Å². The van der Waals surface area contributed by atoms with Gasteiger partial charge in [0.05, 0.1) is 0 Å². The third-order valence-electron chi connectivity index (χ3n) is 3.85. The highest BCUT2D eigenvalue weighted by Gasteiger charge is 2.28. The van der Waals surface area contributed by atoms with Crippen LogP contribution in [0.5, 0.6) is 0 Å². The van der Waals surface area contributed by atoms with E-state index >= 15 is 0 Å². The second-order valence-electron chi connectivity index (χ2n) is 5.88. The van der Waals surface area contributed by atoms with Gasteiger partial charge in [0.25, 0.3) is 10.1 Å². The third kappa shape index (κ3) is 11.0. The summed E-state index contributed by atoms with van der Waals surface area (Å²) in [6.45, 7) is 4.26. The van der Waals surface area contributed by atoms with E-state index in [1.165, 1.54) is 44.9 Å². The van der Waals surface area contributed by atoms with Crippen molar-refractivity contribution in [3.05, 3.63) is 0 Å². The van der Waals surface area contributed by atoms with E-state index in [0.29, 0.717) is 6.54 Å². The number of unbranched alkanes of at least 4 members (excludes halogenated alkanes) is 9. The first-order chi connectivity index (χ1) is 10.4. The second kappa shape index (κ2) is 12.9. The fraction of sp³-hybridized carbons (Fsp3) is 0.938. The highest BCUT2D eigenvalue weighted by atomic mass is 32.2. The molecule has 0 saturated carbocycles. The summed E-state index contributed by atoms with van der Waals surface area (Å²) in [7, 11) is -4.29. The smallest absolute Gasteiger partial charge is 0.276 e. The molecule has 0 rings (SSSR count). The molecule has 1 atom stereocenters. The molecule has 0 saturated heterocycles. The lowest BCUT2D eigenvalue weighted by atomic mass is 10.1. The molecule has 0 bridgehead atoms. The number of rotatable bonds is 14. The Hall–Kier alpha value is -0.620. The second-order valence-corrected chi connectivity index (χ2v) is 7.48. The predicted octanol–water partition coefficient (Wildman–Crippen LogP) is 3.69. The Morgan fingerprint density at radius 1 is 0.909 bits per heavy atom. The fourth-order valence-electron chi connectivity index (χ4n) is 2.47.